The van der Waals surface area contributed by atoms with Gasteiger partial charge in [-0.1, -0.05) is 6.08 Å². The van der Waals surface area contributed by atoms with Gasteiger partial charge in [0.2, 0.25) is 0 Å². The summed E-state index contributed by atoms with van der Waals surface area (Å²) in [5.41, 5.74) is 0.854. The molecule has 0 atom stereocenters. The van der Waals surface area contributed by atoms with E-state index >= 15 is 0 Å². The van der Waals surface area contributed by atoms with Gasteiger partial charge in [0.25, 0.3) is 0 Å². The van der Waals surface area contributed by atoms with Gasteiger partial charge in [-0.25, -0.2) is 4.79 Å². The van der Waals surface area contributed by atoms with Crippen LogP contribution in [0.4, 0.5) is 13.2 Å². The molecule has 0 saturated heterocycles. The lowest BCUT2D eigenvalue weighted by Crippen LogP contribution is -2.10. The molecule has 0 aromatic heterocycles. The van der Waals surface area contributed by atoms with Crippen LogP contribution in [0.2, 0.25) is 0 Å². The Bertz CT molecular complexity index is 966. The zero-order valence-corrected chi connectivity index (χ0v) is 17.4. The third-order valence-electron chi connectivity index (χ3n) is 4.01. The van der Waals surface area contributed by atoms with E-state index < -0.39 is 24.3 Å². The lowest BCUT2D eigenvalue weighted by molar-refractivity contribution is -0.139. The van der Waals surface area contributed by atoms with Gasteiger partial charge < -0.3 is 14.6 Å². The lowest BCUT2D eigenvalue weighted by atomic mass is 10.2. The number of hydrogen-bond acceptors (Lipinski definition) is 5. The summed E-state index contributed by atoms with van der Waals surface area (Å²) in [5.74, 6) is 0.240. The van der Waals surface area contributed by atoms with Gasteiger partial charge in [-0.05, 0) is 60.5 Å². The summed E-state index contributed by atoms with van der Waals surface area (Å²) in [6.45, 7) is 1.52. The summed E-state index contributed by atoms with van der Waals surface area (Å²) in [7, 11) is 0. The van der Waals surface area contributed by atoms with Crippen molar-refractivity contribution in [3.8, 4) is 17.6 Å². The topological polar surface area (TPSA) is 79.5 Å². The Kier molecular flexibility index (Phi) is 8.82. The van der Waals surface area contributed by atoms with Crippen LogP contribution in [-0.2, 0) is 11.0 Å². The summed E-state index contributed by atoms with van der Waals surface area (Å²) in [6, 6.07) is 11.8. The monoisotopic (exact) mass is 451 g/mol. The molecule has 9 heteroatoms. The van der Waals surface area contributed by atoms with Gasteiger partial charge in [-0.2, -0.15) is 18.4 Å². The minimum absolute atomic E-state index is 0.138. The van der Waals surface area contributed by atoms with E-state index in [0.717, 1.165) is 28.2 Å². The van der Waals surface area contributed by atoms with Gasteiger partial charge in [0.1, 0.15) is 18.1 Å². The Morgan fingerprint density at radius 1 is 1.16 bits per heavy atom. The molecule has 1 N–H and O–H groups in total. The normalized spacial score (nSPS) is 11.6. The van der Waals surface area contributed by atoms with E-state index in [2.05, 4.69) is 0 Å². The lowest BCUT2D eigenvalue weighted by Gasteiger charge is -2.12. The number of halogens is 3. The van der Waals surface area contributed by atoms with Crippen molar-refractivity contribution in [1.29, 1.82) is 5.26 Å². The first kappa shape index (κ1) is 24.2. The van der Waals surface area contributed by atoms with Crippen LogP contribution in [0, 0.1) is 18.3 Å². The average molecular weight is 451 g/mol. The fourth-order valence-electron chi connectivity index (χ4n) is 2.45. The van der Waals surface area contributed by atoms with Gasteiger partial charge in [0.05, 0.1) is 18.1 Å². The molecule has 0 fully saturated rings. The number of aliphatic carboxylic acids is 1. The third-order valence-corrected chi connectivity index (χ3v) is 5.11. The van der Waals surface area contributed by atoms with Crippen molar-refractivity contribution in [3.05, 3.63) is 65.2 Å². The molecule has 0 aliphatic heterocycles. The molecule has 2 rings (SSSR count). The molecule has 0 heterocycles. The quantitative estimate of drug-likeness (QED) is 0.380. The maximum atomic E-state index is 12.6. The Labute approximate surface area is 182 Å². The van der Waals surface area contributed by atoms with E-state index in [0.29, 0.717) is 17.3 Å². The highest BCUT2D eigenvalue weighted by Crippen LogP contribution is 2.31. The van der Waals surface area contributed by atoms with Gasteiger partial charge >= 0.3 is 12.1 Å². The number of nitriles is 1. The first-order valence-electron chi connectivity index (χ1n) is 9.12. The number of hydrogen-bond donors (Lipinski definition) is 1. The number of carbonyl (C=O) groups is 1. The highest BCUT2D eigenvalue weighted by Gasteiger charge is 2.30. The van der Waals surface area contributed by atoms with Crippen molar-refractivity contribution in [1.82, 2.24) is 0 Å². The van der Waals surface area contributed by atoms with Crippen molar-refractivity contribution in [2.45, 2.75) is 24.4 Å². The number of rotatable bonds is 10. The highest BCUT2D eigenvalue weighted by molar-refractivity contribution is 7.99. The van der Waals surface area contributed by atoms with Gasteiger partial charge in [0, 0.05) is 10.6 Å². The van der Waals surface area contributed by atoms with Crippen LogP contribution >= 0.6 is 11.8 Å². The van der Waals surface area contributed by atoms with Crippen LogP contribution in [0.3, 0.4) is 0 Å². The number of carboxylic acid groups (broad SMARTS) is 1. The molecular formula is C22H20F3NO4S. The summed E-state index contributed by atoms with van der Waals surface area (Å²) >= 11 is 1.49. The van der Waals surface area contributed by atoms with Crippen LogP contribution in [0.25, 0.3) is 0 Å². The van der Waals surface area contributed by atoms with Crippen molar-refractivity contribution in [2.75, 3.05) is 19.0 Å². The largest absolute Gasteiger partial charge is 0.489 e. The van der Waals surface area contributed by atoms with Crippen LogP contribution in [0.5, 0.6) is 11.5 Å². The van der Waals surface area contributed by atoms with Crippen molar-refractivity contribution in [3.63, 3.8) is 0 Å². The molecule has 0 bridgehead atoms. The van der Waals surface area contributed by atoms with E-state index in [4.69, 9.17) is 19.8 Å². The number of benzene rings is 2. The smallest absolute Gasteiger partial charge is 0.416 e. The molecule has 0 saturated carbocycles. The molecule has 0 aliphatic rings. The molecular weight excluding hydrogens is 431 g/mol. The van der Waals surface area contributed by atoms with Crippen LogP contribution in [0.1, 0.15) is 17.5 Å². The molecule has 0 spiro atoms. The van der Waals surface area contributed by atoms with E-state index in [-0.39, 0.29) is 13.0 Å². The molecule has 2 aromatic rings. The van der Waals surface area contributed by atoms with Gasteiger partial charge in [-0.3, -0.25) is 0 Å². The molecule has 0 amide bonds. The van der Waals surface area contributed by atoms with E-state index in [1.807, 2.05) is 12.1 Å². The molecule has 164 valence electrons. The summed E-state index contributed by atoms with van der Waals surface area (Å²) in [6.07, 6.45) is -2.49. The molecule has 31 heavy (non-hydrogen) atoms. The second kappa shape index (κ2) is 11.3. The summed E-state index contributed by atoms with van der Waals surface area (Å²) in [4.78, 5) is 11.5. The molecule has 0 unspecified atom stereocenters. The van der Waals surface area contributed by atoms with Gasteiger partial charge in [0.15, 0.2) is 6.61 Å². The molecule has 5 nitrogen and oxygen atoms in total. The first-order chi connectivity index (χ1) is 14.7. The van der Waals surface area contributed by atoms with Crippen molar-refractivity contribution < 1.29 is 32.5 Å². The van der Waals surface area contributed by atoms with E-state index in [9.17, 15) is 18.0 Å². The maximum absolute atomic E-state index is 12.6. The zero-order valence-electron chi connectivity index (χ0n) is 16.6. The zero-order chi connectivity index (χ0) is 22.9. The predicted octanol–water partition coefficient (Wildman–Crippen LogP) is 5.49. The number of carboxylic acids is 1. The Morgan fingerprint density at radius 2 is 1.87 bits per heavy atom. The minimum atomic E-state index is -4.40. The van der Waals surface area contributed by atoms with Crippen LogP contribution in [-0.4, -0.2) is 30.0 Å². The SMILES string of the molecule is Cc1cc(SC/C(=C/CC#N)COc2ccc(C(F)(F)F)cc2)ccc1OCC(=O)O. The number of nitrogens with zero attached hydrogens (tertiary/aromatic N) is 1. The van der Waals surface area contributed by atoms with Crippen molar-refractivity contribution >= 4 is 17.7 Å². The number of aryl methyl sites for hydroxylation is 1. The van der Waals surface area contributed by atoms with Crippen molar-refractivity contribution in [2.24, 2.45) is 0 Å². The average Bonchev–Trinajstić information content (AvgIpc) is 2.72. The summed E-state index contributed by atoms with van der Waals surface area (Å²) < 4.78 is 48.7. The highest BCUT2D eigenvalue weighted by atomic mass is 32.2. The number of allylic oxidation sites excluding steroid dienone is 1. The van der Waals surface area contributed by atoms with E-state index in [1.165, 1.54) is 23.9 Å². The fraction of sp³-hybridized carbons (Fsp3) is 0.273. The Hall–Kier alpha value is -3.12. The third kappa shape index (κ3) is 8.26. The maximum Gasteiger partial charge on any atom is 0.416 e. The minimum Gasteiger partial charge on any atom is -0.489 e. The number of alkyl halides is 3. The fourth-order valence-corrected chi connectivity index (χ4v) is 3.43. The van der Waals surface area contributed by atoms with Crippen LogP contribution in [0.15, 0.2) is 59.0 Å². The second-order valence-electron chi connectivity index (χ2n) is 6.43. The van der Waals surface area contributed by atoms with E-state index in [1.54, 1.807) is 25.1 Å². The first-order valence-corrected chi connectivity index (χ1v) is 10.1. The predicted molar refractivity (Wildman–Crippen MR) is 110 cm³/mol. The number of ether oxygens (including phenoxy) is 2. The Morgan fingerprint density at radius 3 is 2.45 bits per heavy atom. The standard InChI is InChI=1S/C22H20F3NO4S/c1-15-11-19(8-9-20(15)30-13-21(27)28)31-14-16(3-2-10-26)12-29-18-6-4-17(5-7-18)22(23,24)25/h3-9,11H,2,12-14H2,1H3,(H,27,28)/b16-3+. The molecule has 2 aromatic carbocycles. The number of thioether (sulfide) groups is 1. The second-order valence-corrected chi connectivity index (χ2v) is 7.48. The summed E-state index contributed by atoms with van der Waals surface area (Å²) in [5, 5.41) is 17.5. The van der Waals surface area contributed by atoms with Crippen LogP contribution < -0.4 is 9.47 Å². The van der Waals surface area contributed by atoms with Gasteiger partial charge in [-0.15, -0.1) is 11.8 Å². The molecule has 0 aliphatic carbocycles. The molecule has 0 radical (unpaired) electrons. The Balaban J connectivity index is 1.97.